The molecule has 3 nitrogen and oxygen atoms in total. The molecule has 1 aromatic heterocycles. The molecule has 0 aliphatic heterocycles. The Kier molecular flexibility index (Phi) is 2.71. The fourth-order valence-corrected chi connectivity index (χ4v) is 2.13. The van der Waals surface area contributed by atoms with Crippen molar-refractivity contribution in [3.05, 3.63) is 34.1 Å². The molecule has 0 saturated heterocycles. The summed E-state index contributed by atoms with van der Waals surface area (Å²) in [6.07, 6.45) is 0. The number of aromatic nitrogens is 2. The fourth-order valence-electron chi connectivity index (χ4n) is 1.60. The molecule has 0 radical (unpaired) electrons. The smallest absolute Gasteiger partial charge is 0.133 e. The third kappa shape index (κ3) is 1.61. The van der Waals surface area contributed by atoms with Crippen LogP contribution in [0.5, 0.6) is 0 Å². The lowest BCUT2D eigenvalue weighted by Gasteiger charge is -2.03. The van der Waals surface area contributed by atoms with Crippen LogP contribution in [-0.4, -0.2) is 9.78 Å². The predicted molar refractivity (Wildman–Crippen MR) is 65.5 cm³/mol. The first-order chi connectivity index (χ1) is 7.52. The summed E-state index contributed by atoms with van der Waals surface area (Å²) >= 11 is 3.32. The van der Waals surface area contributed by atoms with Gasteiger partial charge in [0, 0.05) is 17.1 Å². The van der Waals surface area contributed by atoms with Gasteiger partial charge >= 0.3 is 0 Å². The summed E-state index contributed by atoms with van der Waals surface area (Å²) in [5.41, 5.74) is 7.61. The first-order valence-corrected chi connectivity index (χ1v) is 5.55. The second-order valence-electron chi connectivity index (χ2n) is 3.58. The lowest BCUT2D eigenvalue weighted by Crippen LogP contribution is -1.97. The van der Waals surface area contributed by atoms with E-state index in [0.29, 0.717) is 21.5 Å². The molecule has 5 heteroatoms. The van der Waals surface area contributed by atoms with Gasteiger partial charge in [0.05, 0.1) is 5.56 Å². The standard InChI is InChI=1S/C11H11BrFN3/c1-6-10(15-16(2)11(6)14)9-7(12)4-3-5-8(9)13/h3-5H,14H2,1-2H3. The molecule has 2 aromatic rings. The zero-order valence-corrected chi connectivity index (χ0v) is 10.5. The summed E-state index contributed by atoms with van der Waals surface area (Å²) in [5, 5.41) is 4.22. The van der Waals surface area contributed by atoms with E-state index in [-0.39, 0.29) is 5.82 Å². The first kappa shape index (κ1) is 11.1. The Bertz CT molecular complexity index is 528. The van der Waals surface area contributed by atoms with Crippen molar-refractivity contribution in [3.8, 4) is 11.3 Å². The predicted octanol–water partition coefficient (Wildman–Crippen LogP) is 2.88. The quantitative estimate of drug-likeness (QED) is 0.875. The largest absolute Gasteiger partial charge is 0.384 e. The number of hydrogen-bond acceptors (Lipinski definition) is 2. The second-order valence-corrected chi connectivity index (χ2v) is 4.43. The molecule has 2 N–H and O–H groups in total. The van der Waals surface area contributed by atoms with Crippen molar-refractivity contribution in [3.63, 3.8) is 0 Å². The molecule has 16 heavy (non-hydrogen) atoms. The molecule has 0 aliphatic rings. The number of benzene rings is 1. The number of nitrogens with two attached hydrogens (primary N) is 1. The van der Waals surface area contributed by atoms with Crippen LogP contribution in [0.2, 0.25) is 0 Å². The molecular formula is C11H11BrFN3. The van der Waals surface area contributed by atoms with E-state index < -0.39 is 0 Å². The van der Waals surface area contributed by atoms with E-state index in [4.69, 9.17) is 5.73 Å². The molecule has 0 amide bonds. The highest BCUT2D eigenvalue weighted by Crippen LogP contribution is 2.33. The van der Waals surface area contributed by atoms with Gasteiger partial charge in [-0.1, -0.05) is 6.07 Å². The average molecular weight is 284 g/mol. The maximum Gasteiger partial charge on any atom is 0.133 e. The lowest BCUT2D eigenvalue weighted by atomic mass is 10.1. The molecule has 0 aliphatic carbocycles. The minimum atomic E-state index is -0.310. The van der Waals surface area contributed by atoms with Crippen LogP contribution in [-0.2, 0) is 7.05 Å². The normalized spacial score (nSPS) is 10.8. The van der Waals surface area contributed by atoms with Gasteiger partial charge in [-0.2, -0.15) is 5.10 Å². The minimum Gasteiger partial charge on any atom is -0.384 e. The molecule has 0 saturated carbocycles. The number of nitrogens with zero attached hydrogens (tertiary/aromatic N) is 2. The molecule has 2 rings (SSSR count). The Hall–Kier alpha value is -1.36. The summed E-state index contributed by atoms with van der Waals surface area (Å²) < 4.78 is 16.0. The van der Waals surface area contributed by atoms with Crippen LogP contribution >= 0.6 is 15.9 Å². The fraction of sp³-hybridized carbons (Fsp3) is 0.182. The number of hydrogen-bond donors (Lipinski definition) is 1. The Balaban J connectivity index is 2.72. The minimum absolute atomic E-state index is 0.310. The van der Waals surface area contributed by atoms with Gasteiger partial charge in [0.1, 0.15) is 17.3 Å². The molecular weight excluding hydrogens is 273 g/mol. The average Bonchev–Trinajstić information content (AvgIpc) is 2.47. The van der Waals surface area contributed by atoms with Crippen LogP contribution in [0.1, 0.15) is 5.56 Å². The maximum atomic E-state index is 13.7. The van der Waals surface area contributed by atoms with Gasteiger partial charge in [0.15, 0.2) is 0 Å². The zero-order chi connectivity index (χ0) is 11.9. The number of anilines is 1. The Morgan fingerprint density at radius 3 is 2.62 bits per heavy atom. The van der Waals surface area contributed by atoms with Crippen LogP contribution in [0.25, 0.3) is 11.3 Å². The van der Waals surface area contributed by atoms with E-state index in [1.165, 1.54) is 6.07 Å². The van der Waals surface area contributed by atoms with Crippen molar-refractivity contribution in [1.82, 2.24) is 9.78 Å². The van der Waals surface area contributed by atoms with E-state index in [2.05, 4.69) is 21.0 Å². The van der Waals surface area contributed by atoms with Crippen molar-refractivity contribution < 1.29 is 4.39 Å². The van der Waals surface area contributed by atoms with Gasteiger partial charge in [0.25, 0.3) is 0 Å². The van der Waals surface area contributed by atoms with Crippen molar-refractivity contribution in [2.24, 2.45) is 7.05 Å². The van der Waals surface area contributed by atoms with E-state index in [1.807, 2.05) is 6.92 Å². The second kappa shape index (κ2) is 3.90. The van der Waals surface area contributed by atoms with Crippen LogP contribution in [0, 0.1) is 12.7 Å². The van der Waals surface area contributed by atoms with Crippen molar-refractivity contribution in [2.45, 2.75) is 6.92 Å². The molecule has 0 bridgehead atoms. The number of aryl methyl sites for hydroxylation is 1. The number of rotatable bonds is 1. The van der Waals surface area contributed by atoms with E-state index >= 15 is 0 Å². The van der Waals surface area contributed by atoms with Gasteiger partial charge in [-0.15, -0.1) is 0 Å². The van der Waals surface area contributed by atoms with E-state index in [0.717, 1.165) is 5.56 Å². The summed E-state index contributed by atoms with van der Waals surface area (Å²) in [6, 6.07) is 4.83. The summed E-state index contributed by atoms with van der Waals surface area (Å²) in [6.45, 7) is 1.83. The Morgan fingerprint density at radius 2 is 2.12 bits per heavy atom. The van der Waals surface area contributed by atoms with Gasteiger partial charge in [-0.05, 0) is 35.0 Å². The Morgan fingerprint density at radius 1 is 1.44 bits per heavy atom. The van der Waals surface area contributed by atoms with Crippen LogP contribution < -0.4 is 5.73 Å². The molecule has 1 heterocycles. The van der Waals surface area contributed by atoms with Crippen molar-refractivity contribution in [2.75, 3.05) is 5.73 Å². The highest BCUT2D eigenvalue weighted by Gasteiger charge is 2.17. The van der Waals surface area contributed by atoms with Gasteiger partial charge in [-0.3, -0.25) is 4.68 Å². The molecule has 84 valence electrons. The summed E-state index contributed by atoms with van der Waals surface area (Å²) in [7, 11) is 1.74. The van der Waals surface area contributed by atoms with Crippen LogP contribution in [0.15, 0.2) is 22.7 Å². The van der Waals surface area contributed by atoms with Gasteiger partial charge in [-0.25, -0.2) is 4.39 Å². The van der Waals surface area contributed by atoms with Crippen LogP contribution in [0.4, 0.5) is 10.2 Å². The monoisotopic (exact) mass is 283 g/mol. The molecule has 0 atom stereocenters. The summed E-state index contributed by atoms with van der Waals surface area (Å²) in [4.78, 5) is 0. The molecule has 0 unspecified atom stereocenters. The van der Waals surface area contributed by atoms with Crippen molar-refractivity contribution in [1.29, 1.82) is 0 Å². The van der Waals surface area contributed by atoms with Crippen LogP contribution in [0.3, 0.4) is 0 Å². The molecule has 0 fully saturated rings. The molecule has 0 spiro atoms. The first-order valence-electron chi connectivity index (χ1n) is 4.76. The lowest BCUT2D eigenvalue weighted by molar-refractivity contribution is 0.629. The van der Waals surface area contributed by atoms with E-state index in [1.54, 1.807) is 23.9 Å². The third-order valence-electron chi connectivity index (χ3n) is 2.54. The van der Waals surface area contributed by atoms with Gasteiger partial charge < -0.3 is 5.73 Å². The maximum absolute atomic E-state index is 13.7. The molecule has 1 aromatic carbocycles. The Labute approximate surface area is 101 Å². The third-order valence-corrected chi connectivity index (χ3v) is 3.20. The van der Waals surface area contributed by atoms with E-state index in [9.17, 15) is 4.39 Å². The number of halogens is 2. The summed E-state index contributed by atoms with van der Waals surface area (Å²) in [5.74, 6) is 0.237. The highest BCUT2D eigenvalue weighted by atomic mass is 79.9. The highest BCUT2D eigenvalue weighted by molar-refractivity contribution is 9.10. The topological polar surface area (TPSA) is 43.8 Å². The SMILES string of the molecule is Cc1c(-c2c(F)cccc2Br)nn(C)c1N. The van der Waals surface area contributed by atoms with Crippen molar-refractivity contribution >= 4 is 21.7 Å². The van der Waals surface area contributed by atoms with Gasteiger partial charge in [0.2, 0.25) is 0 Å². The number of nitrogen functional groups attached to an aromatic ring is 1. The zero-order valence-electron chi connectivity index (χ0n) is 8.96.